The van der Waals surface area contributed by atoms with Crippen LogP contribution in [0.1, 0.15) is 29.5 Å². The predicted molar refractivity (Wildman–Crippen MR) is 151 cm³/mol. The van der Waals surface area contributed by atoms with Gasteiger partial charge in [0.15, 0.2) is 0 Å². The van der Waals surface area contributed by atoms with Gasteiger partial charge in [-0.25, -0.2) is 4.98 Å². The molecule has 184 valence electrons. The highest BCUT2D eigenvalue weighted by atomic mass is 32.2. The first-order valence-corrected chi connectivity index (χ1v) is 13.4. The highest BCUT2D eigenvalue weighted by molar-refractivity contribution is 8.26. The highest BCUT2D eigenvalue weighted by Gasteiger charge is 2.32. The zero-order valence-corrected chi connectivity index (χ0v) is 21.9. The molecule has 0 radical (unpaired) electrons. The summed E-state index contributed by atoms with van der Waals surface area (Å²) < 4.78 is 2.04. The van der Waals surface area contributed by atoms with Crippen LogP contribution in [0.25, 0.3) is 11.7 Å². The quantitative estimate of drug-likeness (QED) is 0.265. The molecule has 0 atom stereocenters. The van der Waals surface area contributed by atoms with Gasteiger partial charge in [-0.15, -0.1) is 6.58 Å². The van der Waals surface area contributed by atoms with Crippen molar-refractivity contribution in [2.24, 2.45) is 5.92 Å². The fourth-order valence-corrected chi connectivity index (χ4v) is 6.14. The number of carbonyl (C=O) groups excluding carboxylic acids is 1. The van der Waals surface area contributed by atoms with E-state index in [0.29, 0.717) is 38.7 Å². The summed E-state index contributed by atoms with van der Waals surface area (Å²) >= 11 is 6.62. The van der Waals surface area contributed by atoms with E-state index in [1.807, 2.05) is 25.1 Å². The molecule has 4 heterocycles. The van der Waals surface area contributed by atoms with Crippen LogP contribution in [-0.4, -0.2) is 44.1 Å². The molecule has 3 aromatic rings. The molecule has 2 fully saturated rings. The zero-order valence-electron chi connectivity index (χ0n) is 20.2. The highest BCUT2D eigenvalue weighted by Crippen LogP contribution is 2.34. The van der Waals surface area contributed by atoms with Crippen LogP contribution in [0.4, 0.5) is 5.82 Å². The number of thioether (sulfide) groups is 1. The second-order valence-corrected chi connectivity index (χ2v) is 10.9. The topological polar surface area (TPSA) is 57.9 Å². The van der Waals surface area contributed by atoms with Gasteiger partial charge in [0.25, 0.3) is 11.5 Å². The molecule has 0 aliphatic carbocycles. The molecule has 5 rings (SSSR count). The van der Waals surface area contributed by atoms with Gasteiger partial charge in [0.05, 0.1) is 10.5 Å². The Morgan fingerprint density at radius 1 is 1.14 bits per heavy atom. The fourth-order valence-electron chi connectivity index (χ4n) is 4.88. The van der Waals surface area contributed by atoms with Crippen LogP contribution >= 0.6 is 24.0 Å². The van der Waals surface area contributed by atoms with E-state index in [4.69, 9.17) is 17.2 Å². The van der Waals surface area contributed by atoms with Crippen LogP contribution in [0.2, 0.25) is 0 Å². The molecule has 0 bridgehead atoms. The smallest absolute Gasteiger partial charge is 0.267 e. The standard InChI is InChI=1S/C28H28N4O2S2/c1-3-13-32-27(34)23(36-28(32)35)18-22-25(29-24-19(2)8-7-14-31(24)26(22)33)30-15-11-21(12-16-30)17-20-9-5-4-6-10-20/h3-10,14,18,21H,1,11-13,15-17H2,2H3/b23-18-. The molecule has 8 heteroatoms. The first-order valence-electron chi connectivity index (χ1n) is 12.1. The molecule has 0 saturated carbocycles. The van der Waals surface area contributed by atoms with Gasteiger partial charge < -0.3 is 4.90 Å². The zero-order chi connectivity index (χ0) is 25.2. The van der Waals surface area contributed by atoms with E-state index in [1.54, 1.807) is 22.7 Å². The number of nitrogens with zero attached hydrogens (tertiary/aromatic N) is 4. The Morgan fingerprint density at radius 2 is 1.89 bits per heavy atom. The monoisotopic (exact) mass is 516 g/mol. The number of amides is 1. The van der Waals surface area contributed by atoms with Gasteiger partial charge in [0.2, 0.25) is 0 Å². The first kappa shape index (κ1) is 24.5. The summed E-state index contributed by atoms with van der Waals surface area (Å²) in [4.78, 5) is 35.8. The van der Waals surface area contributed by atoms with E-state index in [-0.39, 0.29) is 11.5 Å². The molecule has 0 unspecified atom stereocenters. The van der Waals surface area contributed by atoms with Gasteiger partial charge in [-0.2, -0.15) is 0 Å². The van der Waals surface area contributed by atoms with Crippen molar-refractivity contribution in [3.05, 3.63) is 93.3 Å². The normalized spacial score (nSPS) is 18.0. The average molecular weight is 517 g/mol. The Bertz CT molecular complexity index is 1420. The summed E-state index contributed by atoms with van der Waals surface area (Å²) in [6.07, 6.45) is 8.15. The van der Waals surface area contributed by atoms with Crippen molar-refractivity contribution >= 4 is 51.7 Å². The molecule has 6 nitrogen and oxygen atoms in total. The largest absolute Gasteiger partial charge is 0.356 e. The van der Waals surface area contributed by atoms with Gasteiger partial charge in [-0.3, -0.25) is 18.9 Å². The predicted octanol–water partition coefficient (Wildman–Crippen LogP) is 4.85. The SMILES string of the molecule is C=CCN1C(=O)/C(=C/c2c(N3CCC(Cc4ccccc4)CC3)nc3c(C)cccn3c2=O)SC1=S. The van der Waals surface area contributed by atoms with Gasteiger partial charge in [-0.1, -0.05) is 66.5 Å². The molecular formula is C28H28N4O2S2. The summed E-state index contributed by atoms with van der Waals surface area (Å²) in [5.41, 5.74) is 3.17. The van der Waals surface area contributed by atoms with Crippen LogP contribution in [0.15, 0.2) is 71.0 Å². The van der Waals surface area contributed by atoms with E-state index in [2.05, 4.69) is 35.7 Å². The number of rotatable bonds is 6. The first-order chi connectivity index (χ1) is 17.5. The van der Waals surface area contributed by atoms with Crippen molar-refractivity contribution in [1.29, 1.82) is 0 Å². The molecule has 2 aromatic heterocycles. The van der Waals surface area contributed by atoms with Crippen molar-refractivity contribution < 1.29 is 4.79 Å². The third kappa shape index (κ3) is 4.75. The molecular weight excluding hydrogens is 488 g/mol. The fraction of sp³-hybridized carbons (Fsp3) is 0.286. The van der Waals surface area contributed by atoms with Gasteiger partial charge in [0.1, 0.15) is 15.8 Å². The van der Waals surface area contributed by atoms with E-state index in [9.17, 15) is 9.59 Å². The van der Waals surface area contributed by atoms with Crippen molar-refractivity contribution in [1.82, 2.24) is 14.3 Å². The number of pyridine rings is 1. The van der Waals surface area contributed by atoms with E-state index in [1.165, 1.54) is 22.2 Å². The Labute approximate surface area is 220 Å². The van der Waals surface area contributed by atoms with Crippen molar-refractivity contribution in [3.8, 4) is 0 Å². The number of thiocarbonyl (C=S) groups is 1. The Balaban J connectivity index is 1.50. The molecule has 2 saturated heterocycles. The lowest BCUT2D eigenvalue weighted by Gasteiger charge is -2.33. The van der Waals surface area contributed by atoms with Crippen LogP contribution in [-0.2, 0) is 11.2 Å². The number of aryl methyl sites for hydroxylation is 1. The number of fused-ring (bicyclic) bond motifs is 1. The van der Waals surface area contributed by atoms with E-state index in [0.717, 1.165) is 37.9 Å². The van der Waals surface area contributed by atoms with Crippen molar-refractivity contribution in [3.63, 3.8) is 0 Å². The van der Waals surface area contributed by atoms with Crippen LogP contribution in [0, 0.1) is 12.8 Å². The minimum absolute atomic E-state index is 0.181. The lowest BCUT2D eigenvalue weighted by Crippen LogP contribution is -2.37. The minimum Gasteiger partial charge on any atom is -0.356 e. The Kier molecular flexibility index (Phi) is 7.07. The second kappa shape index (κ2) is 10.4. The lowest BCUT2D eigenvalue weighted by atomic mass is 9.90. The lowest BCUT2D eigenvalue weighted by molar-refractivity contribution is -0.121. The Morgan fingerprint density at radius 3 is 2.61 bits per heavy atom. The number of piperidine rings is 1. The molecule has 36 heavy (non-hydrogen) atoms. The number of anilines is 1. The van der Waals surface area contributed by atoms with Crippen LogP contribution < -0.4 is 10.5 Å². The van der Waals surface area contributed by atoms with Gasteiger partial charge in [0, 0.05) is 25.8 Å². The van der Waals surface area contributed by atoms with Crippen molar-refractivity contribution in [2.75, 3.05) is 24.5 Å². The molecule has 1 aromatic carbocycles. The summed E-state index contributed by atoms with van der Waals surface area (Å²) in [7, 11) is 0. The summed E-state index contributed by atoms with van der Waals surface area (Å²) in [6, 6.07) is 14.4. The van der Waals surface area contributed by atoms with E-state index >= 15 is 0 Å². The van der Waals surface area contributed by atoms with Crippen LogP contribution in [0.3, 0.4) is 0 Å². The number of aromatic nitrogens is 2. The third-order valence-electron chi connectivity index (χ3n) is 6.81. The maximum absolute atomic E-state index is 13.7. The van der Waals surface area contributed by atoms with E-state index < -0.39 is 0 Å². The molecule has 1 amide bonds. The summed E-state index contributed by atoms with van der Waals surface area (Å²) in [6.45, 7) is 7.63. The molecule has 0 N–H and O–H groups in total. The minimum atomic E-state index is -0.203. The summed E-state index contributed by atoms with van der Waals surface area (Å²) in [5.74, 6) is 1.03. The molecule has 2 aliphatic heterocycles. The van der Waals surface area contributed by atoms with Crippen molar-refractivity contribution in [2.45, 2.75) is 26.2 Å². The number of hydrogen-bond donors (Lipinski definition) is 0. The number of hydrogen-bond acceptors (Lipinski definition) is 6. The number of carbonyl (C=O) groups is 1. The van der Waals surface area contributed by atoms with Gasteiger partial charge >= 0.3 is 0 Å². The third-order valence-corrected chi connectivity index (χ3v) is 8.18. The van der Waals surface area contributed by atoms with Crippen LogP contribution in [0.5, 0.6) is 0 Å². The van der Waals surface area contributed by atoms with Gasteiger partial charge in [-0.05, 0) is 55.4 Å². The molecule has 2 aliphatic rings. The number of benzene rings is 1. The maximum Gasteiger partial charge on any atom is 0.267 e. The average Bonchev–Trinajstić information content (AvgIpc) is 3.15. The summed E-state index contributed by atoms with van der Waals surface area (Å²) in [5, 5.41) is 0. The Hall–Kier alpha value is -3.23. The maximum atomic E-state index is 13.7. The molecule has 0 spiro atoms. The second-order valence-electron chi connectivity index (χ2n) is 9.24.